The van der Waals surface area contributed by atoms with Crippen molar-refractivity contribution in [2.45, 2.75) is 32.1 Å². The first-order valence-electron chi connectivity index (χ1n) is 6.37. The summed E-state index contributed by atoms with van der Waals surface area (Å²) in [5.41, 5.74) is 1.60. The SMILES string of the molecule is O=C(C1=CCC=CN1)/C1=C/C/C=C(/[N+](=O)[O-])CCC1. The van der Waals surface area contributed by atoms with Crippen molar-refractivity contribution in [1.82, 2.24) is 5.32 Å². The van der Waals surface area contributed by atoms with Crippen LogP contribution < -0.4 is 5.32 Å². The topological polar surface area (TPSA) is 72.2 Å². The minimum absolute atomic E-state index is 0.00213. The van der Waals surface area contributed by atoms with Crippen molar-refractivity contribution in [1.29, 1.82) is 0 Å². The van der Waals surface area contributed by atoms with E-state index in [4.69, 9.17) is 0 Å². The molecule has 100 valence electrons. The van der Waals surface area contributed by atoms with Crippen LogP contribution in [0.2, 0.25) is 0 Å². The lowest BCUT2D eigenvalue weighted by atomic mass is 9.97. The van der Waals surface area contributed by atoms with Gasteiger partial charge in [-0.15, -0.1) is 0 Å². The van der Waals surface area contributed by atoms with E-state index in [0.717, 1.165) is 12.0 Å². The molecule has 0 aromatic carbocycles. The van der Waals surface area contributed by atoms with E-state index in [1.54, 1.807) is 18.4 Å². The lowest BCUT2D eigenvalue weighted by Gasteiger charge is -2.13. The van der Waals surface area contributed by atoms with Crippen molar-refractivity contribution in [3.63, 3.8) is 0 Å². The zero-order valence-corrected chi connectivity index (χ0v) is 10.6. The molecule has 5 nitrogen and oxygen atoms in total. The summed E-state index contributed by atoms with van der Waals surface area (Å²) in [5, 5.41) is 13.7. The number of nitrogens with one attached hydrogen (secondary N) is 1. The van der Waals surface area contributed by atoms with E-state index in [-0.39, 0.29) is 16.4 Å². The molecule has 0 unspecified atom stereocenters. The molecule has 0 atom stereocenters. The summed E-state index contributed by atoms with van der Waals surface area (Å²) in [5.74, 6) is 0.00213. The van der Waals surface area contributed by atoms with Gasteiger partial charge >= 0.3 is 0 Å². The Morgan fingerprint density at radius 2 is 2.05 bits per heavy atom. The molecule has 1 aliphatic carbocycles. The van der Waals surface area contributed by atoms with Gasteiger partial charge in [-0.3, -0.25) is 14.9 Å². The average Bonchev–Trinajstić information content (AvgIpc) is 2.38. The van der Waals surface area contributed by atoms with E-state index in [1.165, 1.54) is 0 Å². The zero-order valence-electron chi connectivity index (χ0n) is 10.6. The molecule has 1 aliphatic heterocycles. The van der Waals surface area contributed by atoms with Crippen LogP contribution in [-0.4, -0.2) is 10.7 Å². The Kier molecular flexibility index (Phi) is 4.28. The van der Waals surface area contributed by atoms with Gasteiger partial charge in [0, 0.05) is 6.42 Å². The Labute approximate surface area is 111 Å². The van der Waals surface area contributed by atoms with Gasteiger partial charge < -0.3 is 5.32 Å². The number of hydrogen-bond donors (Lipinski definition) is 1. The molecule has 0 saturated heterocycles. The van der Waals surface area contributed by atoms with E-state index >= 15 is 0 Å². The van der Waals surface area contributed by atoms with Crippen LogP contribution in [0, 0.1) is 10.1 Å². The highest BCUT2D eigenvalue weighted by Gasteiger charge is 2.18. The van der Waals surface area contributed by atoms with Crippen molar-refractivity contribution >= 4 is 5.78 Å². The number of carbonyl (C=O) groups is 1. The fourth-order valence-electron chi connectivity index (χ4n) is 2.17. The molecule has 0 fully saturated rings. The largest absolute Gasteiger partial charge is 0.359 e. The van der Waals surface area contributed by atoms with Crippen LogP contribution in [0.25, 0.3) is 0 Å². The van der Waals surface area contributed by atoms with Crippen LogP contribution in [0.15, 0.2) is 47.5 Å². The Balaban J connectivity index is 2.08. The molecule has 0 amide bonds. The van der Waals surface area contributed by atoms with Crippen molar-refractivity contribution in [2.75, 3.05) is 0 Å². The molecule has 2 aliphatic rings. The van der Waals surface area contributed by atoms with E-state index in [0.29, 0.717) is 31.4 Å². The molecular weight excluding hydrogens is 244 g/mol. The van der Waals surface area contributed by atoms with Crippen molar-refractivity contribution in [2.24, 2.45) is 0 Å². The number of Topliss-reactive ketones (excluding diaryl/α,β-unsaturated/α-hetero) is 1. The fourth-order valence-corrected chi connectivity index (χ4v) is 2.17. The Morgan fingerprint density at radius 3 is 2.74 bits per heavy atom. The van der Waals surface area contributed by atoms with Gasteiger partial charge in [0.2, 0.25) is 11.5 Å². The first-order valence-corrected chi connectivity index (χ1v) is 6.37. The smallest absolute Gasteiger partial charge is 0.242 e. The molecule has 1 heterocycles. The second-order valence-electron chi connectivity index (χ2n) is 4.50. The lowest BCUT2D eigenvalue weighted by molar-refractivity contribution is -0.428. The maximum absolute atomic E-state index is 12.2. The van der Waals surface area contributed by atoms with Crippen LogP contribution in [0.5, 0.6) is 0 Å². The predicted octanol–water partition coefficient (Wildman–Crippen LogP) is 2.61. The van der Waals surface area contributed by atoms with Crippen LogP contribution in [0.3, 0.4) is 0 Å². The number of nitro groups is 1. The summed E-state index contributed by atoms with van der Waals surface area (Å²) >= 11 is 0. The maximum atomic E-state index is 12.2. The van der Waals surface area contributed by atoms with Gasteiger partial charge in [-0.1, -0.05) is 18.2 Å². The summed E-state index contributed by atoms with van der Waals surface area (Å²) in [4.78, 5) is 22.6. The van der Waals surface area contributed by atoms with Gasteiger partial charge in [0.25, 0.3) is 0 Å². The number of ketones is 1. The first kappa shape index (κ1) is 13.3. The average molecular weight is 260 g/mol. The summed E-state index contributed by atoms with van der Waals surface area (Å²) in [6, 6.07) is 0. The Hall–Kier alpha value is -2.17. The summed E-state index contributed by atoms with van der Waals surface area (Å²) < 4.78 is 0. The molecule has 0 aromatic heterocycles. The highest BCUT2D eigenvalue weighted by molar-refractivity contribution is 6.08. The number of rotatable bonds is 3. The molecular formula is C14H16N2O3. The number of dihydropyridines is 1. The number of carbonyl (C=O) groups excluding carboxylic acids is 1. The highest BCUT2D eigenvalue weighted by Crippen LogP contribution is 2.21. The molecule has 0 spiro atoms. The van der Waals surface area contributed by atoms with Crippen molar-refractivity contribution < 1.29 is 9.72 Å². The number of hydrogen-bond acceptors (Lipinski definition) is 4. The van der Waals surface area contributed by atoms with Crippen molar-refractivity contribution in [3.05, 3.63) is 57.6 Å². The van der Waals surface area contributed by atoms with Crippen molar-refractivity contribution in [3.8, 4) is 0 Å². The quantitative estimate of drug-likeness (QED) is 0.625. The van der Waals surface area contributed by atoms with Gasteiger partial charge in [-0.25, -0.2) is 0 Å². The monoisotopic (exact) mass is 260 g/mol. The maximum Gasteiger partial charge on any atom is 0.242 e. The summed E-state index contributed by atoms with van der Waals surface area (Å²) in [6.45, 7) is 0. The minimum atomic E-state index is -0.337. The number of nitrogens with zero attached hydrogens (tertiary/aromatic N) is 1. The van der Waals surface area contributed by atoms with E-state index in [2.05, 4.69) is 5.32 Å². The van der Waals surface area contributed by atoms with Crippen LogP contribution in [-0.2, 0) is 4.79 Å². The van der Waals surface area contributed by atoms with Gasteiger partial charge in [0.05, 0.1) is 10.6 Å². The lowest BCUT2D eigenvalue weighted by Crippen LogP contribution is -2.19. The zero-order chi connectivity index (χ0) is 13.7. The molecule has 5 heteroatoms. The third-order valence-electron chi connectivity index (χ3n) is 3.18. The predicted molar refractivity (Wildman–Crippen MR) is 71.6 cm³/mol. The molecule has 1 N–H and O–H groups in total. The number of allylic oxidation sites excluding steroid dienone is 6. The third kappa shape index (κ3) is 3.40. The molecule has 0 radical (unpaired) electrons. The summed E-state index contributed by atoms with van der Waals surface area (Å²) in [6.07, 6.45) is 11.8. The molecule has 0 saturated carbocycles. The van der Waals surface area contributed by atoms with E-state index in [9.17, 15) is 14.9 Å². The van der Waals surface area contributed by atoms with Gasteiger partial charge in [-0.05, 0) is 43.5 Å². The molecule has 19 heavy (non-hydrogen) atoms. The summed E-state index contributed by atoms with van der Waals surface area (Å²) in [7, 11) is 0. The van der Waals surface area contributed by atoms with E-state index in [1.807, 2.05) is 12.2 Å². The molecule has 2 rings (SSSR count). The second-order valence-corrected chi connectivity index (χ2v) is 4.50. The van der Waals surface area contributed by atoms with Crippen LogP contribution in [0.1, 0.15) is 32.1 Å². The minimum Gasteiger partial charge on any atom is -0.359 e. The van der Waals surface area contributed by atoms with Gasteiger partial charge in [-0.2, -0.15) is 0 Å². The third-order valence-corrected chi connectivity index (χ3v) is 3.18. The highest BCUT2D eigenvalue weighted by atomic mass is 16.6. The Morgan fingerprint density at radius 1 is 1.21 bits per heavy atom. The molecule has 0 aromatic rings. The molecule has 0 bridgehead atoms. The second kappa shape index (κ2) is 6.13. The van der Waals surface area contributed by atoms with Gasteiger partial charge in [0.1, 0.15) is 0 Å². The van der Waals surface area contributed by atoms with Crippen LogP contribution >= 0.6 is 0 Å². The Bertz CT molecular complexity index is 513. The van der Waals surface area contributed by atoms with Gasteiger partial charge in [0.15, 0.2) is 0 Å². The van der Waals surface area contributed by atoms with E-state index < -0.39 is 0 Å². The standard InChI is InChI=1S/C14H16N2O3/c17-14(13-9-1-2-10-15-13)11-5-3-7-12(16(18)19)8-4-6-11/h2,5,7,9-10,15H,1,3-4,6,8H2/b11-5+,12-7+. The normalized spacial score (nSPS) is 24.7. The fraction of sp³-hybridized carbons (Fsp3) is 0.357. The van der Waals surface area contributed by atoms with Crippen LogP contribution in [0.4, 0.5) is 0 Å². The first-order chi connectivity index (χ1) is 9.18.